The molecule has 2 aromatic rings. The number of carbonyl (C=O) groups excluding carboxylic acids is 1. The summed E-state index contributed by atoms with van der Waals surface area (Å²) in [6, 6.07) is 4.73. The van der Waals surface area contributed by atoms with Gasteiger partial charge >= 0.3 is 11.8 Å². The molecule has 2 rings (SSSR count). The Hall–Kier alpha value is -2.41. The van der Waals surface area contributed by atoms with Crippen LogP contribution in [0.15, 0.2) is 27.4 Å². The molecule has 0 fully saturated rings. The first-order valence-electron chi connectivity index (χ1n) is 5.96. The molecule has 0 unspecified atom stereocenters. The molecule has 0 spiro atoms. The van der Waals surface area contributed by atoms with Crippen molar-refractivity contribution in [1.29, 1.82) is 0 Å². The van der Waals surface area contributed by atoms with Crippen LogP contribution in [-0.4, -0.2) is 29.5 Å². The Morgan fingerprint density at radius 1 is 1.48 bits per heavy atom. The Balaban J connectivity index is 2.65. The van der Waals surface area contributed by atoms with Crippen LogP contribution in [0.3, 0.4) is 0 Å². The van der Waals surface area contributed by atoms with Gasteiger partial charge in [-0.15, -0.1) is 4.57 Å². The summed E-state index contributed by atoms with van der Waals surface area (Å²) in [4.78, 5) is 23.3. The molecule has 0 amide bonds. The molecule has 7 nitrogen and oxygen atoms in total. The van der Waals surface area contributed by atoms with Crippen LogP contribution in [0, 0.1) is 0 Å². The average Bonchev–Trinajstić information content (AvgIpc) is 2.73. The number of hydrogen-bond acceptors (Lipinski definition) is 6. The van der Waals surface area contributed by atoms with E-state index in [1.807, 2.05) is 0 Å². The highest BCUT2D eigenvalue weighted by molar-refractivity contribution is 6.33. The molecular weight excluding hydrogens is 302 g/mol. The largest absolute Gasteiger partial charge is 0.496 e. The quantitative estimate of drug-likeness (QED) is 0.936. The summed E-state index contributed by atoms with van der Waals surface area (Å²) < 4.78 is 15.1. The van der Waals surface area contributed by atoms with Gasteiger partial charge in [0, 0.05) is 0 Å². The first-order chi connectivity index (χ1) is 10.0. The van der Waals surface area contributed by atoms with Crippen molar-refractivity contribution in [3.8, 4) is 23.0 Å². The van der Waals surface area contributed by atoms with E-state index in [-0.39, 0.29) is 28.7 Å². The fourth-order valence-corrected chi connectivity index (χ4v) is 2.02. The molecule has 8 heteroatoms. The molecule has 0 aliphatic heterocycles. The van der Waals surface area contributed by atoms with E-state index in [1.165, 1.54) is 13.2 Å². The number of benzene rings is 1. The van der Waals surface area contributed by atoms with Crippen LogP contribution in [0.4, 0.5) is 4.79 Å². The fourth-order valence-electron chi connectivity index (χ4n) is 1.77. The third-order valence-corrected chi connectivity index (χ3v) is 2.97. The summed E-state index contributed by atoms with van der Waals surface area (Å²) in [5.74, 6) is -1.77. The van der Waals surface area contributed by atoms with Gasteiger partial charge < -0.3 is 19.0 Å². The van der Waals surface area contributed by atoms with Gasteiger partial charge in [-0.1, -0.05) is 17.7 Å². The Bertz CT molecular complexity index is 733. The lowest BCUT2D eigenvalue weighted by Gasteiger charge is -2.07. The SMILES string of the molecule is CCOC(=O)n1c(O)c(-c2c(Cl)cccc2OC)oc1=O. The number of hydrogen-bond donors (Lipinski definition) is 1. The summed E-state index contributed by atoms with van der Waals surface area (Å²) in [5.41, 5.74) is 0.166. The Morgan fingerprint density at radius 3 is 2.81 bits per heavy atom. The van der Waals surface area contributed by atoms with Crippen molar-refractivity contribution in [2.24, 2.45) is 0 Å². The minimum Gasteiger partial charge on any atom is -0.496 e. The highest BCUT2D eigenvalue weighted by Crippen LogP contribution is 2.40. The number of halogens is 1. The van der Waals surface area contributed by atoms with Gasteiger partial charge in [-0.3, -0.25) is 0 Å². The zero-order chi connectivity index (χ0) is 15.6. The lowest BCUT2D eigenvalue weighted by atomic mass is 10.1. The maximum Gasteiger partial charge on any atom is 0.432 e. The number of nitrogens with zero attached hydrogens (tertiary/aromatic N) is 1. The average molecular weight is 314 g/mol. The van der Waals surface area contributed by atoms with Crippen molar-refractivity contribution < 1.29 is 23.8 Å². The molecule has 0 saturated carbocycles. The van der Waals surface area contributed by atoms with Crippen molar-refractivity contribution in [2.45, 2.75) is 6.92 Å². The third-order valence-electron chi connectivity index (χ3n) is 2.66. The van der Waals surface area contributed by atoms with Crippen LogP contribution in [-0.2, 0) is 4.74 Å². The topological polar surface area (TPSA) is 90.9 Å². The lowest BCUT2D eigenvalue weighted by molar-refractivity contribution is 0.149. The van der Waals surface area contributed by atoms with Crippen LogP contribution in [0.2, 0.25) is 5.02 Å². The minimum atomic E-state index is -1.08. The molecule has 0 bridgehead atoms. The number of rotatable bonds is 3. The van der Waals surface area contributed by atoms with E-state index < -0.39 is 17.7 Å². The first-order valence-corrected chi connectivity index (χ1v) is 6.33. The number of aromatic hydroxyl groups is 1. The van der Waals surface area contributed by atoms with Gasteiger partial charge in [-0.2, -0.15) is 0 Å². The highest BCUT2D eigenvalue weighted by atomic mass is 35.5. The number of methoxy groups -OCH3 is 1. The van der Waals surface area contributed by atoms with Gasteiger partial charge in [-0.05, 0) is 19.1 Å². The second-order valence-electron chi connectivity index (χ2n) is 3.87. The van der Waals surface area contributed by atoms with Crippen molar-refractivity contribution in [1.82, 2.24) is 4.57 Å². The number of aromatic nitrogens is 1. The van der Waals surface area contributed by atoms with E-state index in [9.17, 15) is 14.7 Å². The molecule has 1 N–H and O–H groups in total. The smallest absolute Gasteiger partial charge is 0.432 e. The summed E-state index contributed by atoms with van der Waals surface area (Å²) in [6.07, 6.45) is -1.04. The van der Waals surface area contributed by atoms with Crippen molar-refractivity contribution in [2.75, 3.05) is 13.7 Å². The number of carbonyl (C=O) groups is 1. The molecule has 0 saturated heterocycles. The molecular formula is C13H12ClNO6. The molecule has 0 atom stereocenters. The van der Waals surface area contributed by atoms with E-state index in [2.05, 4.69) is 4.74 Å². The summed E-state index contributed by atoms with van der Waals surface area (Å²) >= 11 is 6.04. The molecule has 0 aliphatic rings. The van der Waals surface area contributed by atoms with Gasteiger partial charge in [0.15, 0.2) is 0 Å². The van der Waals surface area contributed by atoms with E-state index >= 15 is 0 Å². The zero-order valence-electron chi connectivity index (χ0n) is 11.3. The molecule has 1 aromatic carbocycles. The van der Waals surface area contributed by atoms with Gasteiger partial charge in [0.05, 0.1) is 24.3 Å². The second-order valence-corrected chi connectivity index (χ2v) is 4.28. The maximum absolute atomic E-state index is 11.7. The lowest BCUT2D eigenvalue weighted by Crippen LogP contribution is -2.23. The maximum atomic E-state index is 11.7. The Morgan fingerprint density at radius 2 is 2.19 bits per heavy atom. The minimum absolute atomic E-state index is 0.0423. The Labute approximate surface area is 124 Å². The molecule has 1 aromatic heterocycles. The Kier molecular flexibility index (Phi) is 4.23. The van der Waals surface area contributed by atoms with Gasteiger partial charge in [0.1, 0.15) is 5.75 Å². The molecule has 112 valence electrons. The number of oxazole rings is 1. The number of ether oxygens (including phenoxy) is 2. The molecule has 0 radical (unpaired) electrons. The van der Waals surface area contributed by atoms with Crippen LogP contribution in [0.5, 0.6) is 11.6 Å². The summed E-state index contributed by atoms with van der Waals surface area (Å²) in [7, 11) is 1.40. The summed E-state index contributed by atoms with van der Waals surface area (Å²) in [5, 5.41) is 10.2. The van der Waals surface area contributed by atoms with Crippen molar-refractivity contribution in [3.05, 3.63) is 33.8 Å². The van der Waals surface area contributed by atoms with E-state index in [1.54, 1.807) is 19.1 Å². The van der Waals surface area contributed by atoms with Crippen LogP contribution in [0.25, 0.3) is 11.3 Å². The fraction of sp³-hybridized carbons (Fsp3) is 0.231. The van der Waals surface area contributed by atoms with Crippen LogP contribution in [0.1, 0.15) is 6.92 Å². The molecule has 21 heavy (non-hydrogen) atoms. The monoisotopic (exact) mass is 313 g/mol. The standard InChI is InChI=1S/C13H12ClNO6/c1-3-20-12(17)15-11(16)10(21-13(15)18)9-7(14)5-4-6-8(9)19-2/h4-6,16H,3H2,1-2H3. The third kappa shape index (κ3) is 2.59. The predicted octanol–water partition coefficient (Wildman–Crippen LogP) is 2.48. The van der Waals surface area contributed by atoms with Gasteiger partial charge in [-0.25, -0.2) is 9.59 Å². The molecule has 1 heterocycles. The summed E-state index contributed by atoms with van der Waals surface area (Å²) in [6.45, 7) is 1.61. The van der Waals surface area contributed by atoms with E-state index in [0.29, 0.717) is 4.57 Å². The first kappa shape index (κ1) is 15.0. The van der Waals surface area contributed by atoms with Crippen LogP contribution < -0.4 is 10.5 Å². The van der Waals surface area contributed by atoms with E-state index in [4.69, 9.17) is 20.8 Å². The predicted molar refractivity (Wildman–Crippen MR) is 74.1 cm³/mol. The van der Waals surface area contributed by atoms with Gasteiger partial charge in [0.25, 0.3) is 5.88 Å². The normalized spacial score (nSPS) is 10.4. The van der Waals surface area contributed by atoms with Gasteiger partial charge in [0.2, 0.25) is 5.76 Å². The highest BCUT2D eigenvalue weighted by Gasteiger charge is 2.26. The molecule has 0 aliphatic carbocycles. The van der Waals surface area contributed by atoms with Crippen molar-refractivity contribution >= 4 is 17.7 Å². The van der Waals surface area contributed by atoms with Crippen LogP contribution >= 0.6 is 11.6 Å². The van der Waals surface area contributed by atoms with E-state index in [0.717, 1.165) is 0 Å². The second kappa shape index (κ2) is 5.92. The van der Waals surface area contributed by atoms with Crippen molar-refractivity contribution in [3.63, 3.8) is 0 Å². The zero-order valence-corrected chi connectivity index (χ0v) is 12.0.